The number of hydrogen-bond donors (Lipinski definition) is 4. The third-order valence-electron chi connectivity index (χ3n) is 4.38. The van der Waals surface area contributed by atoms with Gasteiger partial charge < -0.3 is 30.9 Å². The number of aliphatic carboxylic acids is 1. The van der Waals surface area contributed by atoms with Gasteiger partial charge in [-0.15, -0.1) is 23.2 Å². The Morgan fingerprint density at radius 2 is 1.58 bits per heavy atom. The number of benzene rings is 2. The molecule has 2 rings (SSSR count). The second-order valence-corrected chi connectivity index (χ2v) is 7.60. The molecular weight excluding hydrogens is 469 g/mol. The Morgan fingerprint density at radius 1 is 1.00 bits per heavy atom. The van der Waals surface area contributed by atoms with E-state index in [2.05, 4.69) is 10.2 Å². The first-order chi connectivity index (χ1) is 15.9. The molecule has 0 radical (unpaired) electrons. The van der Waals surface area contributed by atoms with Crippen molar-refractivity contribution in [1.29, 1.82) is 0 Å². The number of aliphatic hydroxyl groups excluding tert-OH is 1. The molecule has 0 heterocycles. The molecule has 0 aliphatic rings. The predicted octanol–water partition coefficient (Wildman–Crippen LogP) is 2.83. The number of carbonyl (C=O) groups is 2. The van der Waals surface area contributed by atoms with Gasteiger partial charge in [0.1, 0.15) is 12.6 Å². The second-order valence-electron chi connectivity index (χ2n) is 6.84. The summed E-state index contributed by atoms with van der Waals surface area (Å²) in [6, 6.07) is 15.5. The molecule has 182 valence electrons. The minimum atomic E-state index is -1.13. The standard InChI is InChI=1S/C21H24Cl2N2O4.C2H7NO/c22-10-12-25(13-11-23)18-8-6-16(7-9-18)14-19(20(26)27)24-21(28)29-15-17-4-2-1-3-5-17;3-1-2-4/h1-9,19H,10-15H2,(H,24,28)(H,26,27);4H,1-3H2/t19-;/m0./s1. The molecule has 2 aromatic rings. The number of aliphatic hydroxyl groups is 1. The molecule has 2 aromatic carbocycles. The maximum Gasteiger partial charge on any atom is 0.408 e. The van der Waals surface area contributed by atoms with E-state index < -0.39 is 18.1 Å². The summed E-state index contributed by atoms with van der Waals surface area (Å²) in [4.78, 5) is 25.6. The summed E-state index contributed by atoms with van der Waals surface area (Å²) in [6.45, 7) is 1.88. The molecule has 0 bridgehead atoms. The minimum absolute atomic E-state index is 0.0741. The highest BCUT2D eigenvalue weighted by Crippen LogP contribution is 2.17. The van der Waals surface area contributed by atoms with Crippen LogP contribution in [0.1, 0.15) is 11.1 Å². The Hall–Kier alpha value is -2.52. The Kier molecular flexibility index (Phi) is 14.7. The van der Waals surface area contributed by atoms with Gasteiger partial charge in [0.2, 0.25) is 0 Å². The first-order valence-electron chi connectivity index (χ1n) is 10.4. The lowest BCUT2D eigenvalue weighted by molar-refractivity contribution is -0.139. The van der Waals surface area contributed by atoms with Gasteiger partial charge in [-0.3, -0.25) is 0 Å². The Bertz CT molecular complexity index is 802. The fourth-order valence-electron chi connectivity index (χ4n) is 2.76. The Morgan fingerprint density at radius 3 is 2.06 bits per heavy atom. The van der Waals surface area contributed by atoms with Gasteiger partial charge in [-0.1, -0.05) is 42.5 Å². The summed E-state index contributed by atoms with van der Waals surface area (Å²) in [7, 11) is 0. The number of carbonyl (C=O) groups excluding carboxylic acids is 1. The van der Waals surface area contributed by atoms with Crippen molar-refractivity contribution in [3.8, 4) is 0 Å². The highest BCUT2D eigenvalue weighted by atomic mass is 35.5. The number of halogens is 2. The van der Waals surface area contributed by atoms with E-state index in [9.17, 15) is 14.7 Å². The maximum atomic E-state index is 12.0. The molecule has 0 aliphatic carbocycles. The number of nitrogens with one attached hydrogen (secondary N) is 1. The predicted molar refractivity (Wildman–Crippen MR) is 131 cm³/mol. The van der Waals surface area contributed by atoms with Gasteiger partial charge >= 0.3 is 12.1 Å². The van der Waals surface area contributed by atoms with Crippen LogP contribution in [0.2, 0.25) is 0 Å². The molecule has 0 unspecified atom stereocenters. The summed E-state index contributed by atoms with van der Waals surface area (Å²) in [6.07, 6.45) is -0.630. The van der Waals surface area contributed by atoms with E-state index in [-0.39, 0.29) is 19.6 Å². The summed E-state index contributed by atoms with van der Waals surface area (Å²) in [5.74, 6) is -0.166. The summed E-state index contributed by atoms with van der Waals surface area (Å²) in [5.41, 5.74) is 7.34. The third-order valence-corrected chi connectivity index (χ3v) is 4.72. The van der Waals surface area contributed by atoms with E-state index in [1.54, 1.807) is 0 Å². The van der Waals surface area contributed by atoms with Crippen molar-refractivity contribution >= 4 is 41.0 Å². The number of rotatable bonds is 12. The van der Waals surface area contributed by atoms with E-state index >= 15 is 0 Å². The molecular formula is C23H31Cl2N3O5. The van der Waals surface area contributed by atoms with Crippen LogP contribution in [0, 0.1) is 0 Å². The second kappa shape index (κ2) is 17.0. The Balaban J connectivity index is 0.00000125. The molecule has 5 N–H and O–H groups in total. The van der Waals surface area contributed by atoms with Crippen LogP contribution in [0.3, 0.4) is 0 Å². The van der Waals surface area contributed by atoms with E-state index in [4.69, 9.17) is 38.8 Å². The number of carboxylic acids is 1. The molecule has 0 saturated carbocycles. The van der Waals surface area contributed by atoms with Crippen LogP contribution in [0.5, 0.6) is 0 Å². The minimum Gasteiger partial charge on any atom is -0.480 e. The van der Waals surface area contributed by atoms with Crippen LogP contribution >= 0.6 is 23.2 Å². The molecule has 1 atom stereocenters. The van der Waals surface area contributed by atoms with Crippen molar-refractivity contribution < 1.29 is 24.5 Å². The van der Waals surface area contributed by atoms with Gasteiger partial charge in [0.25, 0.3) is 0 Å². The third kappa shape index (κ3) is 11.8. The average molecular weight is 500 g/mol. The number of nitrogens with two attached hydrogens (primary N) is 1. The van der Waals surface area contributed by atoms with Crippen LogP contribution in [-0.2, 0) is 22.6 Å². The van der Waals surface area contributed by atoms with E-state index in [1.165, 1.54) is 0 Å². The summed E-state index contributed by atoms with van der Waals surface area (Å²) >= 11 is 11.7. The van der Waals surface area contributed by atoms with Crippen molar-refractivity contribution in [3.05, 3.63) is 65.7 Å². The lowest BCUT2D eigenvalue weighted by Gasteiger charge is -2.23. The van der Waals surface area contributed by atoms with Crippen molar-refractivity contribution in [2.75, 3.05) is 42.9 Å². The zero-order valence-electron chi connectivity index (χ0n) is 18.3. The fraction of sp³-hybridized carbons (Fsp3) is 0.391. The number of amides is 1. The highest BCUT2D eigenvalue weighted by molar-refractivity contribution is 6.18. The number of ether oxygens (including phenoxy) is 1. The first kappa shape index (κ1) is 28.5. The molecule has 0 saturated heterocycles. The number of hydrogen-bond acceptors (Lipinski definition) is 6. The van der Waals surface area contributed by atoms with Crippen LogP contribution < -0.4 is 16.0 Å². The molecule has 33 heavy (non-hydrogen) atoms. The van der Waals surface area contributed by atoms with Gasteiger partial charge in [-0.2, -0.15) is 0 Å². The number of nitrogens with zero attached hydrogens (tertiary/aromatic N) is 1. The lowest BCUT2D eigenvalue weighted by Crippen LogP contribution is -2.42. The number of alkyl carbamates (subject to hydrolysis) is 1. The average Bonchev–Trinajstić information content (AvgIpc) is 2.83. The molecule has 0 aromatic heterocycles. The van der Waals surface area contributed by atoms with E-state index in [0.717, 1.165) is 16.8 Å². The first-order valence-corrected chi connectivity index (χ1v) is 11.5. The fourth-order valence-corrected chi connectivity index (χ4v) is 3.17. The van der Waals surface area contributed by atoms with Gasteiger partial charge in [0.05, 0.1) is 6.61 Å². The summed E-state index contributed by atoms with van der Waals surface area (Å²) in [5, 5.41) is 19.6. The van der Waals surface area contributed by atoms with Gasteiger partial charge in [-0.25, -0.2) is 9.59 Å². The zero-order valence-corrected chi connectivity index (χ0v) is 19.8. The topological polar surface area (TPSA) is 125 Å². The smallest absolute Gasteiger partial charge is 0.408 e. The number of anilines is 1. The van der Waals surface area contributed by atoms with Crippen molar-refractivity contribution in [2.45, 2.75) is 19.1 Å². The molecule has 0 spiro atoms. The summed E-state index contributed by atoms with van der Waals surface area (Å²) < 4.78 is 5.11. The molecule has 0 aliphatic heterocycles. The van der Waals surface area contributed by atoms with Gasteiger partial charge in [0.15, 0.2) is 0 Å². The molecule has 1 amide bonds. The number of alkyl halides is 2. The quantitative estimate of drug-likeness (QED) is 0.330. The molecule has 10 heteroatoms. The Labute approximate surface area is 204 Å². The van der Waals surface area contributed by atoms with Crippen molar-refractivity contribution in [1.82, 2.24) is 5.32 Å². The van der Waals surface area contributed by atoms with Gasteiger partial charge in [0, 0.05) is 43.5 Å². The monoisotopic (exact) mass is 499 g/mol. The van der Waals surface area contributed by atoms with Crippen molar-refractivity contribution in [2.24, 2.45) is 5.73 Å². The van der Waals surface area contributed by atoms with Crippen LogP contribution in [0.15, 0.2) is 54.6 Å². The van der Waals surface area contributed by atoms with Crippen LogP contribution in [0.4, 0.5) is 10.5 Å². The van der Waals surface area contributed by atoms with E-state index in [0.29, 0.717) is 31.4 Å². The van der Waals surface area contributed by atoms with Gasteiger partial charge in [-0.05, 0) is 23.3 Å². The maximum absolute atomic E-state index is 12.0. The van der Waals surface area contributed by atoms with Crippen molar-refractivity contribution in [3.63, 3.8) is 0 Å². The SMILES string of the molecule is NCCO.O=C(N[C@@H](Cc1ccc(N(CCCl)CCCl)cc1)C(=O)O)OCc1ccccc1. The normalized spacial score (nSPS) is 11.0. The lowest BCUT2D eigenvalue weighted by atomic mass is 10.1. The van der Waals surface area contributed by atoms with E-state index in [1.807, 2.05) is 54.6 Å². The largest absolute Gasteiger partial charge is 0.480 e. The zero-order chi connectivity index (χ0) is 24.5. The van der Waals surface area contributed by atoms with Crippen LogP contribution in [-0.4, -0.2) is 66.3 Å². The molecule has 0 fully saturated rings. The molecule has 8 nitrogen and oxygen atoms in total. The highest BCUT2D eigenvalue weighted by Gasteiger charge is 2.21. The van der Waals surface area contributed by atoms with Crippen LogP contribution in [0.25, 0.3) is 0 Å². The number of carboxylic acid groups (broad SMARTS) is 1.